The molecule has 2 N–H and O–H groups in total. The van der Waals surface area contributed by atoms with Gasteiger partial charge in [0.15, 0.2) is 0 Å². The molecular formula is C12H19ClN4O. The summed E-state index contributed by atoms with van der Waals surface area (Å²) in [5.41, 5.74) is 0.852. The molecule has 6 heteroatoms. The zero-order chi connectivity index (χ0) is 12.1. The Morgan fingerprint density at radius 3 is 3.11 bits per heavy atom. The largest absolute Gasteiger partial charge is 0.350 e. The van der Waals surface area contributed by atoms with Gasteiger partial charge < -0.3 is 10.6 Å². The highest BCUT2D eigenvalue weighted by Crippen LogP contribution is 2.08. The highest BCUT2D eigenvalue weighted by Gasteiger charge is 2.17. The van der Waals surface area contributed by atoms with E-state index in [9.17, 15) is 4.79 Å². The van der Waals surface area contributed by atoms with E-state index in [0.717, 1.165) is 24.5 Å². The maximum atomic E-state index is 11.7. The molecular weight excluding hydrogens is 252 g/mol. The molecule has 0 radical (unpaired) electrons. The Bertz CT molecular complexity index is 393. The zero-order valence-electron chi connectivity index (χ0n) is 10.5. The third-order valence-corrected chi connectivity index (χ3v) is 2.89. The first-order valence-corrected chi connectivity index (χ1v) is 6.02. The number of nitrogens with zero attached hydrogens (tertiary/aromatic N) is 2. The van der Waals surface area contributed by atoms with Crippen molar-refractivity contribution >= 4 is 18.3 Å². The first kappa shape index (κ1) is 14.9. The van der Waals surface area contributed by atoms with Crippen LogP contribution in [0.4, 0.5) is 0 Å². The van der Waals surface area contributed by atoms with Gasteiger partial charge in [0.25, 0.3) is 0 Å². The highest BCUT2D eigenvalue weighted by molar-refractivity contribution is 5.85. The lowest BCUT2D eigenvalue weighted by Gasteiger charge is -2.10. The normalized spacial score (nSPS) is 18.2. The molecule has 1 aliphatic heterocycles. The van der Waals surface area contributed by atoms with E-state index < -0.39 is 0 Å². The molecule has 5 nitrogen and oxygen atoms in total. The van der Waals surface area contributed by atoms with Gasteiger partial charge in [-0.2, -0.15) is 0 Å². The highest BCUT2D eigenvalue weighted by atomic mass is 35.5. The summed E-state index contributed by atoms with van der Waals surface area (Å²) in [6.07, 6.45) is 4.54. The molecule has 0 aromatic carbocycles. The van der Waals surface area contributed by atoms with Crippen molar-refractivity contribution < 1.29 is 4.79 Å². The maximum Gasteiger partial charge on any atom is 0.221 e. The van der Waals surface area contributed by atoms with Gasteiger partial charge in [-0.15, -0.1) is 12.4 Å². The average Bonchev–Trinajstić information content (AvgIpc) is 2.79. The molecule has 18 heavy (non-hydrogen) atoms. The Morgan fingerprint density at radius 2 is 2.44 bits per heavy atom. The number of aromatic nitrogens is 2. The van der Waals surface area contributed by atoms with Crippen molar-refractivity contribution in [2.45, 2.75) is 38.8 Å². The second kappa shape index (κ2) is 7.28. The van der Waals surface area contributed by atoms with E-state index >= 15 is 0 Å². The van der Waals surface area contributed by atoms with Gasteiger partial charge in [0.05, 0.1) is 12.2 Å². The van der Waals surface area contributed by atoms with Crippen molar-refractivity contribution in [2.75, 3.05) is 6.54 Å². The van der Waals surface area contributed by atoms with Crippen LogP contribution in [0.25, 0.3) is 0 Å². The quantitative estimate of drug-likeness (QED) is 0.855. The molecule has 1 saturated heterocycles. The third kappa shape index (κ3) is 4.58. The smallest absolute Gasteiger partial charge is 0.221 e. The number of rotatable bonds is 4. The molecule has 0 bridgehead atoms. The van der Waals surface area contributed by atoms with E-state index in [1.165, 1.54) is 6.42 Å². The molecule has 0 aliphatic carbocycles. The van der Waals surface area contributed by atoms with E-state index in [1.54, 1.807) is 6.20 Å². The minimum Gasteiger partial charge on any atom is -0.350 e. The summed E-state index contributed by atoms with van der Waals surface area (Å²) in [4.78, 5) is 19.9. The standard InChI is InChI=1S/C12H18N4O.ClH/c1-9-13-6-4-11(16-9)8-15-12(17)7-10-3-2-5-14-10;/h4,6,10,14H,2-3,5,7-8H2,1H3,(H,15,17);1H. The van der Waals surface area contributed by atoms with Gasteiger partial charge in [-0.3, -0.25) is 4.79 Å². The summed E-state index contributed by atoms with van der Waals surface area (Å²) < 4.78 is 0. The van der Waals surface area contributed by atoms with Gasteiger partial charge in [-0.25, -0.2) is 9.97 Å². The van der Waals surface area contributed by atoms with Gasteiger partial charge >= 0.3 is 0 Å². The predicted molar refractivity (Wildman–Crippen MR) is 71.5 cm³/mol. The van der Waals surface area contributed by atoms with Crippen LogP contribution in [0, 0.1) is 6.92 Å². The van der Waals surface area contributed by atoms with Crippen molar-refractivity contribution in [3.8, 4) is 0 Å². The number of aryl methyl sites for hydroxylation is 1. The average molecular weight is 271 g/mol. The van der Waals surface area contributed by atoms with Crippen LogP contribution < -0.4 is 10.6 Å². The van der Waals surface area contributed by atoms with Crippen LogP contribution in [-0.2, 0) is 11.3 Å². The van der Waals surface area contributed by atoms with Crippen molar-refractivity contribution in [3.05, 3.63) is 23.8 Å². The van der Waals surface area contributed by atoms with E-state index in [2.05, 4.69) is 20.6 Å². The van der Waals surface area contributed by atoms with Crippen LogP contribution in [0.15, 0.2) is 12.3 Å². The summed E-state index contributed by atoms with van der Waals surface area (Å²) in [6.45, 7) is 3.35. The molecule has 1 aromatic heterocycles. The molecule has 100 valence electrons. The van der Waals surface area contributed by atoms with Crippen LogP contribution in [-0.4, -0.2) is 28.5 Å². The monoisotopic (exact) mass is 270 g/mol. The SMILES string of the molecule is Cc1nccc(CNC(=O)CC2CCCN2)n1.Cl. The van der Waals surface area contributed by atoms with E-state index in [4.69, 9.17) is 0 Å². The lowest BCUT2D eigenvalue weighted by molar-refractivity contribution is -0.121. The number of nitrogens with one attached hydrogen (secondary N) is 2. The van der Waals surface area contributed by atoms with Crippen LogP contribution in [0.5, 0.6) is 0 Å². The van der Waals surface area contributed by atoms with Crippen LogP contribution >= 0.6 is 12.4 Å². The second-order valence-electron chi connectivity index (χ2n) is 4.37. The van der Waals surface area contributed by atoms with Crippen LogP contribution in [0.1, 0.15) is 30.8 Å². The second-order valence-corrected chi connectivity index (χ2v) is 4.37. The van der Waals surface area contributed by atoms with Crippen LogP contribution in [0.3, 0.4) is 0 Å². The van der Waals surface area contributed by atoms with E-state index in [0.29, 0.717) is 19.0 Å². The van der Waals surface area contributed by atoms with Crippen LogP contribution in [0.2, 0.25) is 0 Å². The molecule has 0 saturated carbocycles. The van der Waals surface area contributed by atoms with E-state index in [1.807, 2.05) is 13.0 Å². The lowest BCUT2D eigenvalue weighted by atomic mass is 10.1. The number of hydrogen-bond acceptors (Lipinski definition) is 4. The fraction of sp³-hybridized carbons (Fsp3) is 0.583. The summed E-state index contributed by atoms with van der Waals surface area (Å²) in [5, 5.41) is 6.19. The molecule has 1 aliphatic rings. The Labute approximate surface area is 113 Å². The zero-order valence-corrected chi connectivity index (χ0v) is 11.3. The Morgan fingerprint density at radius 1 is 1.61 bits per heavy atom. The maximum absolute atomic E-state index is 11.7. The fourth-order valence-corrected chi connectivity index (χ4v) is 2.02. The number of carbonyl (C=O) groups excluding carboxylic acids is 1. The molecule has 0 spiro atoms. The molecule has 1 atom stereocenters. The van der Waals surface area contributed by atoms with Gasteiger partial charge in [-0.05, 0) is 32.4 Å². The van der Waals surface area contributed by atoms with Crippen molar-refractivity contribution in [1.29, 1.82) is 0 Å². The Hall–Kier alpha value is -1.20. The third-order valence-electron chi connectivity index (χ3n) is 2.89. The van der Waals surface area contributed by atoms with Crippen molar-refractivity contribution in [1.82, 2.24) is 20.6 Å². The minimum absolute atomic E-state index is 0. The number of hydrogen-bond donors (Lipinski definition) is 2. The molecule has 1 fully saturated rings. The molecule has 2 heterocycles. The summed E-state index contributed by atoms with van der Waals surface area (Å²) in [7, 11) is 0. The van der Waals surface area contributed by atoms with Gasteiger partial charge in [-0.1, -0.05) is 0 Å². The first-order chi connectivity index (χ1) is 8.24. The number of halogens is 1. The minimum atomic E-state index is 0. The molecule has 1 aromatic rings. The fourth-order valence-electron chi connectivity index (χ4n) is 2.02. The summed E-state index contributed by atoms with van der Waals surface area (Å²) in [6, 6.07) is 2.17. The first-order valence-electron chi connectivity index (χ1n) is 6.02. The molecule has 1 amide bonds. The Balaban J connectivity index is 0.00000162. The summed E-state index contributed by atoms with van der Waals surface area (Å²) in [5.74, 6) is 0.815. The predicted octanol–water partition coefficient (Wildman–Crippen LogP) is 0.965. The number of amides is 1. The van der Waals surface area contributed by atoms with Gasteiger partial charge in [0.1, 0.15) is 5.82 Å². The topological polar surface area (TPSA) is 66.9 Å². The molecule has 1 unspecified atom stereocenters. The van der Waals surface area contributed by atoms with Crippen molar-refractivity contribution in [3.63, 3.8) is 0 Å². The lowest BCUT2D eigenvalue weighted by Crippen LogP contribution is -2.31. The van der Waals surface area contributed by atoms with Gasteiger partial charge in [0, 0.05) is 18.7 Å². The van der Waals surface area contributed by atoms with Crippen molar-refractivity contribution in [2.24, 2.45) is 0 Å². The van der Waals surface area contributed by atoms with Gasteiger partial charge in [0.2, 0.25) is 5.91 Å². The Kier molecular flexibility index (Phi) is 6.01. The summed E-state index contributed by atoms with van der Waals surface area (Å²) >= 11 is 0. The van der Waals surface area contributed by atoms with E-state index in [-0.39, 0.29) is 18.3 Å². The molecule has 2 rings (SSSR count). The number of carbonyl (C=O) groups is 1.